The maximum Gasteiger partial charge on any atom is 0.0561 e. The van der Waals surface area contributed by atoms with Crippen LogP contribution in [0.2, 0.25) is 0 Å². The molecular weight excluding hydrogens is 114 g/mol. The molecule has 0 rings (SSSR count). The molecule has 0 aromatic carbocycles. The van der Waals surface area contributed by atoms with Crippen molar-refractivity contribution in [3.8, 4) is 12.3 Å². The summed E-state index contributed by atoms with van der Waals surface area (Å²) in [4.78, 5) is 0. The van der Waals surface area contributed by atoms with E-state index in [-0.39, 0.29) is 6.10 Å². The lowest BCUT2D eigenvalue weighted by Crippen LogP contribution is -2.12. The fraction of sp³-hybridized carbons (Fsp3) is 0.714. The quantitative estimate of drug-likeness (QED) is 0.526. The molecule has 0 aliphatic rings. The third kappa shape index (κ3) is 5.35. The predicted octanol–water partition coefficient (Wildman–Crippen LogP) is 0.110. The molecule has 9 heavy (non-hydrogen) atoms. The van der Waals surface area contributed by atoms with Gasteiger partial charge in [-0.2, -0.15) is 0 Å². The summed E-state index contributed by atoms with van der Waals surface area (Å²) in [5, 5.41) is 9.00. The van der Waals surface area contributed by atoms with Crippen LogP contribution in [0.1, 0.15) is 19.3 Å². The molecule has 3 N–H and O–H groups in total. The van der Waals surface area contributed by atoms with E-state index in [1.165, 1.54) is 0 Å². The van der Waals surface area contributed by atoms with Crippen molar-refractivity contribution in [2.75, 3.05) is 6.54 Å². The molecule has 0 aliphatic carbocycles. The molecule has 0 saturated carbocycles. The molecule has 0 heterocycles. The average molecular weight is 127 g/mol. The third-order valence-electron chi connectivity index (χ3n) is 1.12. The van der Waals surface area contributed by atoms with Crippen LogP contribution in [0.5, 0.6) is 0 Å². The molecule has 2 heteroatoms. The van der Waals surface area contributed by atoms with Crippen molar-refractivity contribution in [3.63, 3.8) is 0 Å². The van der Waals surface area contributed by atoms with Crippen LogP contribution in [0.15, 0.2) is 0 Å². The summed E-state index contributed by atoms with van der Waals surface area (Å²) < 4.78 is 0. The molecule has 0 bridgehead atoms. The molecule has 1 unspecified atom stereocenters. The Morgan fingerprint density at radius 2 is 2.22 bits per heavy atom. The van der Waals surface area contributed by atoms with Gasteiger partial charge in [0, 0.05) is 6.42 Å². The highest BCUT2D eigenvalue weighted by atomic mass is 16.3. The average Bonchev–Trinajstić information content (AvgIpc) is 1.85. The minimum atomic E-state index is -0.300. The summed E-state index contributed by atoms with van der Waals surface area (Å²) in [6, 6.07) is 0. The van der Waals surface area contributed by atoms with Gasteiger partial charge in [-0.1, -0.05) is 0 Å². The molecule has 0 spiro atoms. The second-order valence-electron chi connectivity index (χ2n) is 1.97. The number of nitrogens with two attached hydrogens (primary N) is 1. The van der Waals surface area contributed by atoms with Gasteiger partial charge in [0.05, 0.1) is 6.10 Å². The second kappa shape index (κ2) is 5.61. The lowest BCUT2D eigenvalue weighted by molar-refractivity contribution is 0.159. The van der Waals surface area contributed by atoms with Crippen molar-refractivity contribution < 1.29 is 5.11 Å². The highest BCUT2D eigenvalue weighted by Crippen LogP contribution is 1.98. The van der Waals surface area contributed by atoms with Crippen molar-refractivity contribution in [2.24, 2.45) is 5.73 Å². The Bertz CT molecular complexity index is 95.6. The Morgan fingerprint density at radius 3 is 2.67 bits per heavy atom. The summed E-state index contributed by atoms with van der Waals surface area (Å²) in [6.07, 6.45) is 6.65. The predicted molar refractivity (Wildman–Crippen MR) is 37.7 cm³/mol. The van der Waals surface area contributed by atoms with Crippen LogP contribution in [0.4, 0.5) is 0 Å². The SMILES string of the molecule is C#CCCC(O)CCN. The molecule has 2 nitrogen and oxygen atoms in total. The zero-order valence-corrected chi connectivity index (χ0v) is 5.51. The molecule has 0 aromatic rings. The van der Waals surface area contributed by atoms with Gasteiger partial charge in [0.1, 0.15) is 0 Å². The van der Waals surface area contributed by atoms with E-state index < -0.39 is 0 Å². The van der Waals surface area contributed by atoms with Crippen LogP contribution < -0.4 is 5.73 Å². The van der Waals surface area contributed by atoms with Gasteiger partial charge in [-0.25, -0.2) is 0 Å². The monoisotopic (exact) mass is 127 g/mol. The first-order chi connectivity index (χ1) is 4.31. The number of hydrogen-bond donors (Lipinski definition) is 2. The first-order valence-electron chi connectivity index (χ1n) is 3.13. The summed E-state index contributed by atoms with van der Waals surface area (Å²) >= 11 is 0. The van der Waals surface area contributed by atoms with E-state index in [0.29, 0.717) is 25.8 Å². The Hall–Kier alpha value is -0.520. The minimum Gasteiger partial charge on any atom is -0.393 e. The summed E-state index contributed by atoms with van der Waals surface area (Å²) in [5.41, 5.74) is 5.19. The van der Waals surface area contributed by atoms with Gasteiger partial charge in [0.15, 0.2) is 0 Å². The summed E-state index contributed by atoms with van der Waals surface area (Å²) in [6.45, 7) is 0.533. The molecule has 0 fully saturated rings. The van der Waals surface area contributed by atoms with Crippen molar-refractivity contribution in [2.45, 2.75) is 25.4 Å². The van der Waals surface area contributed by atoms with E-state index in [4.69, 9.17) is 17.3 Å². The van der Waals surface area contributed by atoms with Gasteiger partial charge >= 0.3 is 0 Å². The molecule has 0 radical (unpaired) electrons. The van der Waals surface area contributed by atoms with E-state index >= 15 is 0 Å². The van der Waals surface area contributed by atoms with E-state index in [1.54, 1.807) is 0 Å². The normalized spacial score (nSPS) is 12.6. The Balaban J connectivity index is 3.07. The molecule has 0 saturated heterocycles. The fourth-order valence-corrected chi connectivity index (χ4v) is 0.587. The third-order valence-corrected chi connectivity index (χ3v) is 1.12. The topological polar surface area (TPSA) is 46.2 Å². The lowest BCUT2D eigenvalue weighted by atomic mass is 10.1. The van der Waals surface area contributed by atoms with Crippen molar-refractivity contribution in [3.05, 3.63) is 0 Å². The standard InChI is InChI=1S/C7H13NO/c1-2-3-4-7(9)5-6-8/h1,7,9H,3-6,8H2. The summed E-state index contributed by atoms with van der Waals surface area (Å²) in [5.74, 6) is 2.46. The number of terminal acetylenes is 1. The van der Waals surface area contributed by atoms with Crippen molar-refractivity contribution in [1.29, 1.82) is 0 Å². The zero-order chi connectivity index (χ0) is 7.11. The maximum atomic E-state index is 9.00. The van der Waals surface area contributed by atoms with Crippen LogP contribution in [0, 0.1) is 12.3 Å². The Kier molecular flexibility index (Phi) is 5.29. The number of aliphatic hydroxyl groups is 1. The van der Waals surface area contributed by atoms with E-state index in [0.717, 1.165) is 0 Å². The van der Waals surface area contributed by atoms with Crippen molar-refractivity contribution >= 4 is 0 Å². The van der Waals surface area contributed by atoms with Gasteiger partial charge in [-0.3, -0.25) is 0 Å². The van der Waals surface area contributed by atoms with Gasteiger partial charge in [0.25, 0.3) is 0 Å². The van der Waals surface area contributed by atoms with Crippen LogP contribution in [-0.2, 0) is 0 Å². The number of rotatable bonds is 4. The molecular formula is C7H13NO. The van der Waals surface area contributed by atoms with E-state index in [2.05, 4.69) is 5.92 Å². The summed E-state index contributed by atoms with van der Waals surface area (Å²) in [7, 11) is 0. The maximum absolute atomic E-state index is 9.00. The molecule has 52 valence electrons. The first-order valence-corrected chi connectivity index (χ1v) is 3.13. The van der Waals surface area contributed by atoms with Gasteiger partial charge in [-0.05, 0) is 19.4 Å². The van der Waals surface area contributed by atoms with Crippen molar-refractivity contribution in [1.82, 2.24) is 0 Å². The Morgan fingerprint density at radius 1 is 1.56 bits per heavy atom. The van der Waals surface area contributed by atoms with Gasteiger partial charge in [0.2, 0.25) is 0 Å². The largest absolute Gasteiger partial charge is 0.393 e. The van der Waals surface area contributed by atoms with E-state index in [9.17, 15) is 0 Å². The molecule has 0 aliphatic heterocycles. The number of hydrogen-bond acceptors (Lipinski definition) is 2. The molecule has 0 amide bonds. The Labute approximate surface area is 56.1 Å². The van der Waals surface area contributed by atoms with Crippen LogP contribution in [-0.4, -0.2) is 17.8 Å². The number of aliphatic hydroxyl groups excluding tert-OH is 1. The van der Waals surface area contributed by atoms with Gasteiger partial charge < -0.3 is 10.8 Å². The van der Waals surface area contributed by atoms with Crippen LogP contribution in [0.3, 0.4) is 0 Å². The van der Waals surface area contributed by atoms with E-state index in [1.807, 2.05) is 0 Å². The second-order valence-corrected chi connectivity index (χ2v) is 1.97. The van der Waals surface area contributed by atoms with Crippen LogP contribution in [0.25, 0.3) is 0 Å². The smallest absolute Gasteiger partial charge is 0.0561 e. The highest BCUT2D eigenvalue weighted by Gasteiger charge is 1.99. The zero-order valence-electron chi connectivity index (χ0n) is 5.51. The van der Waals surface area contributed by atoms with Gasteiger partial charge in [-0.15, -0.1) is 12.3 Å². The highest BCUT2D eigenvalue weighted by molar-refractivity contribution is 4.84. The molecule has 0 aromatic heterocycles. The minimum absolute atomic E-state index is 0.300. The molecule has 1 atom stereocenters. The van der Waals surface area contributed by atoms with Crippen LogP contribution >= 0.6 is 0 Å². The fourth-order valence-electron chi connectivity index (χ4n) is 0.587. The first kappa shape index (κ1) is 8.48. The lowest BCUT2D eigenvalue weighted by Gasteiger charge is -2.04.